The number of non-ortho nitro benzene ring substituents is 1. The molecule has 12 nitrogen and oxygen atoms in total. The largest absolute Gasteiger partial charge is 0.271 e. The molecule has 0 radical (unpaired) electrons. The summed E-state index contributed by atoms with van der Waals surface area (Å²) in [7, 11) is 0. The number of hydrogen-bond acceptors (Lipinski definition) is 9. The Kier molecular flexibility index (Phi) is 6.42. The first-order valence-corrected chi connectivity index (χ1v) is 13.1. The molecule has 0 spiro atoms. The SMILES string of the molecule is O=C1[C@H]2N=NN(CC(=O)N3N=C(c4ccc(Br)cc4)C[C@H]3c3ccccc3)[C@@H]2C(=O)N1c1ccc([N+](=O)[O-])cc1. The Morgan fingerprint density at radius 1 is 0.975 bits per heavy atom. The minimum atomic E-state index is -1.11. The Bertz CT molecular complexity index is 1580. The van der Waals surface area contributed by atoms with Gasteiger partial charge in [0.05, 0.1) is 22.4 Å². The standard InChI is InChI=1S/C27H20BrN7O5/c28-18-8-6-16(7-9-18)21-14-22(17-4-2-1-3-5-17)34(30-21)23(36)15-32-25-24(29-31-32)26(37)33(27(25)38)19-10-12-20(13-11-19)35(39)40/h1-13,22,24-25H,14-15H2/t22-,24-,25-/m0/s1. The zero-order chi connectivity index (χ0) is 28.0. The maximum absolute atomic E-state index is 13.6. The van der Waals surface area contributed by atoms with E-state index in [9.17, 15) is 24.5 Å². The number of fused-ring (bicyclic) bond motifs is 1. The third-order valence-corrected chi connectivity index (χ3v) is 7.53. The first kappa shape index (κ1) is 25.5. The molecule has 0 aliphatic carbocycles. The van der Waals surface area contributed by atoms with Crippen LogP contribution in [0.3, 0.4) is 0 Å². The van der Waals surface area contributed by atoms with Crippen LogP contribution in [0.1, 0.15) is 23.6 Å². The molecule has 3 aliphatic heterocycles. The fraction of sp³-hybridized carbons (Fsp3) is 0.185. The van der Waals surface area contributed by atoms with Gasteiger partial charge in [0.1, 0.15) is 6.54 Å². The van der Waals surface area contributed by atoms with Crippen LogP contribution in [0.4, 0.5) is 11.4 Å². The number of rotatable bonds is 6. The fourth-order valence-electron chi connectivity index (χ4n) is 5.03. The average Bonchev–Trinajstić information content (AvgIpc) is 3.65. The number of nitro groups is 1. The molecule has 3 amide bonds. The second kappa shape index (κ2) is 10.1. The van der Waals surface area contributed by atoms with Crippen molar-refractivity contribution < 1.29 is 19.3 Å². The van der Waals surface area contributed by atoms with Gasteiger partial charge in [-0.15, -0.1) is 0 Å². The van der Waals surface area contributed by atoms with Crippen LogP contribution in [0, 0.1) is 10.1 Å². The van der Waals surface area contributed by atoms with E-state index >= 15 is 0 Å². The molecule has 0 bridgehead atoms. The first-order valence-electron chi connectivity index (χ1n) is 12.3. The van der Waals surface area contributed by atoms with Crippen molar-refractivity contribution in [3.63, 3.8) is 0 Å². The number of imide groups is 1. The van der Waals surface area contributed by atoms with Gasteiger partial charge in [-0.3, -0.25) is 29.5 Å². The summed E-state index contributed by atoms with van der Waals surface area (Å²) in [6.07, 6.45) is 0.496. The number of carbonyl (C=O) groups is 3. The molecule has 200 valence electrons. The van der Waals surface area contributed by atoms with Crippen molar-refractivity contribution in [2.75, 3.05) is 11.4 Å². The Hall–Kier alpha value is -4.78. The molecule has 13 heteroatoms. The van der Waals surface area contributed by atoms with Crippen LogP contribution >= 0.6 is 15.9 Å². The summed E-state index contributed by atoms with van der Waals surface area (Å²) >= 11 is 3.43. The average molecular weight is 602 g/mol. The van der Waals surface area contributed by atoms with E-state index in [1.807, 2.05) is 54.6 Å². The van der Waals surface area contributed by atoms with Crippen LogP contribution in [0.5, 0.6) is 0 Å². The quantitative estimate of drug-likeness (QED) is 0.237. The molecule has 3 atom stereocenters. The zero-order valence-corrected chi connectivity index (χ0v) is 22.3. The second-order valence-electron chi connectivity index (χ2n) is 9.40. The summed E-state index contributed by atoms with van der Waals surface area (Å²) in [5.74, 6) is -1.63. The number of hydrazone groups is 1. The van der Waals surface area contributed by atoms with Crippen molar-refractivity contribution in [2.45, 2.75) is 24.5 Å². The topological polar surface area (TPSA) is 141 Å². The number of amides is 3. The molecule has 1 fully saturated rings. The van der Waals surface area contributed by atoms with Gasteiger partial charge in [0.15, 0.2) is 12.1 Å². The van der Waals surface area contributed by atoms with Gasteiger partial charge in [0.25, 0.3) is 23.4 Å². The molecule has 3 aliphatic rings. The van der Waals surface area contributed by atoms with E-state index in [0.717, 1.165) is 26.2 Å². The normalized spacial score (nSPS) is 21.7. The molecular weight excluding hydrogens is 582 g/mol. The predicted molar refractivity (Wildman–Crippen MR) is 146 cm³/mol. The van der Waals surface area contributed by atoms with Gasteiger partial charge < -0.3 is 0 Å². The van der Waals surface area contributed by atoms with Crippen LogP contribution in [0.15, 0.2) is 98.8 Å². The molecule has 3 heterocycles. The smallest absolute Gasteiger partial charge is 0.269 e. The van der Waals surface area contributed by atoms with Crippen molar-refractivity contribution in [2.24, 2.45) is 15.4 Å². The molecule has 0 unspecified atom stereocenters. The van der Waals surface area contributed by atoms with Gasteiger partial charge in [-0.1, -0.05) is 63.6 Å². The highest BCUT2D eigenvalue weighted by molar-refractivity contribution is 9.10. The van der Waals surface area contributed by atoms with E-state index in [4.69, 9.17) is 0 Å². The van der Waals surface area contributed by atoms with Crippen molar-refractivity contribution in [3.05, 3.63) is 105 Å². The lowest BCUT2D eigenvalue weighted by molar-refractivity contribution is -0.384. The van der Waals surface area contributed by atoms with E-state index < -0.39 is 34.7 Å². The van der Waals surface area contributed by atoms with E-state index in [-0.39, 0.29) is 24.0 Å². The van der Waals surface area contributed by atoms with Crippen LogP contribution in [-0.2, 0) is 14.4 Å². The number of nitrogens with zero attached hydrogens (tertiary/aromatic N) is 7. The molecule has 3 aromatic carbocycles. The van der Waals surface area contributed by atoms with Crippen LogP contribution in [0.2, 0.25) is 0 Å². The number of benzene rings is 3. The highest BCUT2D eigenvalue weighted by Crippen LogP contribution is 2.35. The lowest BCUT2D eigenvalue weighted by atomic mass is 9.98. The summed E-state index contributed by atoms with van der Waals surface area (Å²) in [4.78, 5) is 51.4. The summed E-state index contributed by atoms with van der Waals surface area (Å²) in [5.41, 5.74) is 2.55. The Balaban J connectivity index is 1.24. The Labute approximate surface area is 235 Å². The molecule has 1 saturated heterocycles. The second-order valence-corrected chi connectivity index (χ2v) is 10.3. The number of hydrogen-bond donors (Lipinski definition) is 0. The van der Waals surface area contributed by atoms with Gasteiger partial charge in [0, 0.05) is 23.0 Å². The van der Waals surface area contributed by atoms with Gasteiger partial charge in [-0.25, -0.2) is 9.91 Å². The van der Waals surface area contributed by atoms with Crippen LogP contribution in [0.25, 0.3) is 0 Å². The molecular formula is C27H20BrN7O5. The summed E-state index contributed by atoms with van der Waals surface area (Å²) in [6.45, 7) is -0.321. The Morgan fingerprint density at radius 3 is 2.35 bits per heavy atom. The minimum absolute atomic E-state index is 0.170. The lowest BCUT2D eigenvalue weighted by Gasteiger charge is -2.25. The molecule has 6 rings (SSSR count). The van der Waals surface area contributed by atoms with E-state index in [2.05, 4.69) is 31.4 Å². The van der Waals surface area contributed by atoms with Crippen molar-refractivity contribution in [1.29, 1.82) is 0 Å². The highest BCUT2D eigenvalue weighted by Gasteiger charge is 2.55. The first-order chi connectivity index (χ1) is 19.3. The number of anilines is 1. The summed E-state index contributed by atoms with van der Waals surface area (Å²) < 4.78 is 0.926. The maximum Gasteiger partial charge on any atom is 0.269 e. The predicted octanol–water partition coefficient (Wildman–Crippen LogP) is 4.03. The lowest BCUT2D eigenvalue weighted by Crippen LogP contribution is -2.44. The molecule has 0 N–H and O–H groups in total. The van der Waals surface area contributed by atoms with Gasteiger partial charge in [0.2, 0.25) is 0 Å². The summed E-state index contributed by atoms with van der Waals surface area (Å²) in [6, 6.07) is 19.7. The molecule has 3 aromatic rings. The highest BCUT2D eigenvalue weighted by atomic mass is 79.9. The third-order valence-electron chi connectivity index (χ3n) is 7.00. The van der Waals surface area contributed by atoms with E-state index in [1.54, 1.807) is 0 Å². The summed E-state index contributed by atoms with van der Waals surface area (Å²) in [5, 5.41) is 26.2. The number of nitro benzene ring substituents is 1. The number of halogens is 1. The number of carbonyl (C=O) groups excluding carboxylic acids is 3. The van der Waals surface area contributed by atoms with Gasteiger partial charge in [-0.05, 0) is 35.4 Å². The van der Waals surface area contributed by atoms with E-state index in [1.165, 1.54) is 34.3 Å². The van der Waals surface area contributed by atoms with Crippen molar-refractivity contribution in [1.82, 2.24) is 10.0 Å². The van der Waals surface area contributed by atoms with Crippen molar-refractivity contribution in [3.8, 4) is 0 Å². The van der Waals surface area contributed by atoms with Crippen LogP contribution < -0.4 is 4.90 Å². The molecule has 40 heavy (non-hydrogen) atoms. The van der Waals surface area contributed by atoms with Gasteiger partial charge >= 0.3 is 0 Å². The fourth-order valence-corrected chi connectivity index (χ4v) is 5.30. The molecule has 0 saturated carbocycles. The third kappa shape index (κ3) is 4.43. The van der Waals surface area contributed by atoms with Crippen molar-refractivity contribution >= 4 is 50.7 Å². The monoisotopic (exact) mass is 601 g/mol. The zero-order valence-electron chi connectivity index (χ0n) is 20.7. The Morgan fingerprint density at radius 2 is 1.68 bits per heavy atom. The minimum Gasteiger partial charge on any atom is -0.271 e. The van der Waals surface area contributed by atoms with E-state index in [0.29, 0.717) is 6.42 Å². The van der Waals surface area contributed by atoms with Gasteiger partial charge in [-0.2, -0.15) is 10.2 Å². The maximum atomic E-state index is 13.6. The van der Waals surface area contributed by atoms with Crippen LogP contribution in [-0.4, -0.2) is 57.0 Å². The molecule has 0 aromatic heterocycles.